The van der Waals surface area contributed by atoms with Gasteiger partial charge in [-0.3, -0.25) is 14.9 Å². The van der Waals surface area contributed by atoms with E-state index >= 15 is 0 Å². The lowest BCUT2D eigenvalue weighted by Crippen LogP contribution is -2.42. The van der Waals surface area contributed by atoms with E-state index in [0.29, 0.717) is 12.4 Å². The monoisotopic (exact) mass is 455 g/mol. The number of aryl methyl sites for hydroxylation is 1. The van der Waals surface area contributed by atoms with Gasteiger partial charge in [0.1, 0.15) is 5.52 Å². The fraction of sp³-hybridized carbons (Fsp3) is 0.259. The van der Waals surface area contributed by atoms with Crippen LogP contribution in [0.2, 0.25) is 0 Å². The third kappa shape index (κ3) is 4.05. The Hall–Kier alpha value is -4.00. The number of benzene rings is 3. The van der Waals surface area contributed by atoms with Crippen molar-refractivity contribution in [3.05, 3.63) is 93.5 Å². The van der Waals surface area contributed by atoms with Gasteiger partial charge in [0.25, 0.3) is 5.69 Å². The summed E-state index contributed by atoms with van der Waals surface area (Å²) < 4.78 is 5.90. The van der Waals surface area contributed by atoms with Gasteiger partial charge in [0.05, 0.1) is 10.3 Å². The molecule has 7 heteroatoms. The van der Waals surface area contributed by atoms with Gasteiger partial charge in [-0.15, -0.1) is 0 Å². The third-order valence-electron chi connectivity index (χ3n) is 6.72. The van der Waals surface area contributed by atoms with Crippen molar-refractivity contribution in [1.82, 2.24) is 10.3 Å². The smallest absolute Gasteiger partial charge is 0.269 e. The molecule has 0 saturated heterocycles. The van der Waals surface area contributed by atoms with Crippen LogP contribution in [0.15, 0.2) is 71.1 Å². The first-order valence-electron chi connectivity index (χ1n) is 11.4. The lowest BCUT2D eigenvalue weighted by atomic mass is 9.78. The second-order valence-corrected chi connectivity index (χ2v) is 8.96. The van der Waals surface area contributed by atoms with Gasteiger partial charge in [-0.05, 0) is 60.7 Å². The minimum absolute atomic E-state index is 0.0303. The zero-order valence-electron chi connectivity index (χ0n) is 18.9. The molecule has 0 radical (unpaired) electrons. The lowest BCUT2D eigenvalue weighted by Gasteiger charge is -2.28. The van der Waals surface area contributed by atoms with Crippen LogP contribution in [0.1, 0.15) is 42.4 Å². The number of carbonyl (C=O) groups is 1. The molecule has 0 atom stereocenters. The fourth-order valence-electron chi connectivity index (χ4n) is 4.80. The third-order valence-corrected chi connectivity index (χ3v) is 6.72. The first-order chi connectivity index (χ1) is 16.4. The second-order valence-electron chi connectivity index (χ2n) is 8.96. The molecule has 1 aromatic heterocycles. The van der Waals surface area contributed by atoms with Crippen molar-refractivity contribution in [2.75, 3.05) is 0 Å². The van der Waals surface area contributed by atoms with Gasteiger partial charge in [0.2, 0.25) is 11.8 Å². The van der Waals surface area contributed by atoms with Crippen molar-refractivity contribution in [3.63, 3.8) is 0 Å². The molecule has 34 heavy (non-hydrogen) atoms. The van der Waals surface area contributed by atoms with E-state index in [4.69, 9.17) is 4.42 Å². The first kappa shape index (κ1) is 21.8. The van der Waals surface area contributed by atoms with Gasteiger partial charge in [0.15, 0.2) is 5.58 Å². The molecule has 1 N–H and O–H groups in total. The molecule has 3 aromatic carbocycles. The van der Waals surface area contributed by atoms with Gasteiger partial charge in [-0.1, -0.05) is 43.2 Å². The number of amides is 1. The van der Waals surface area contributed by atoms with Crippen LogP contribution in [0.25, 0.3) is 22.6 Å². The van der Waals surface area contributed by atoms with Crippen molar-refractivity contribution in [3.8, 4) is 11.5 Å². The summed E-state index contributed by atoms with van der Waals surface area (Å²) in [5, 5.41) is 14.1. The molecule has 1 aliphatic rings. The van der Waals surface area contributed by atoms with E-state index in [2.05, 4.69) is 10.3 Å². The van der Waals surface area contributed by atoms with Crippen LogP contribution in [-0.4, -0.2) is 15.8 Å². The summed E-state index contributed by atoms with van der Waals surface area (Å²) in [4.78, 5) is 28.4. The van der Waals surface area contributed by atoms with Crippen LogP contribution >= 0.6 is 0 Å². The largest absolute Gasteiger partial charge is 0.436 e. The van der Waals surface area contributed by atoms with Gasteiger partial charge in [0, 0.05) is 24.2 Å². The quantitative estimate of drug-likeness (QED) is 0.291. The van der Waals surface area contributed by atoms with Gasteiger partial charge >= 0.3 is 0 Å². The highest BCUT2D eigenvalue weighted by Crippen LogP contribution is 2.42. The van der Waals surface area contributed by atoms with Crippen LogP contribution < -0.4 is 5.32 Å². The number of fused-ring (bicyclic) bond motifs is 1. The molecule has 1 fully saturated rings. The predicted molar refractivity (Wildman–Crippen MR) is 129 cm³/mol. The van der Waals surface area contributed by atoms with Crippen molar-refractivity contribution in [1.29, 1.82) is 0 Å². The molecular weight excluding hydrogens is 430 g/mol. The Bertz CT molecular complexity index is 1350. The van der Waals surface area contributed by atoms with Gasteiger partial charge < -0.3 is 9.73 Å². The Balaban J connectivity index is 1.29. The van der Waals surface area contributed by atoms with E-state index in [1.54, 1.807) is 12.1 Å². The SMILES string of the molecule is Cc1ccc2nc(-c3ccc(CNC(=O)C4(c5ccc([N+](=O)[O-])cc5)CCCC4)cc3)oc2c1. The van der Waals surface area contributed by atoms with E-state index < -0.39 is 10.3 Å². The maximum atomic E-state index is 13.3. The maximum Gasteiger partial charge on any atom is 0.269 e. The van der Waals surface area contributed by atoms with Crippen LogP contribution in [0.3, 0.4) is 0 Å². The van der Waals surface area contributed by atoms with E-state index in [1.165, 1.54) is 12.1 Å². The molecule has 0 aliphatic heterocycles. The topological polar surface area (TPSA) is 98.3 Å². The van der Waals surface area contributed by atoms with E-state index in [1.807, 2.05) is 49.4 Å². The Labute approximate surface area is 197 Å². The number of carbonyl (C=O) groups excluding carboxylic acids is 1. The Kier molecular flexibility index (Phi) is 5.61. The van der Waals surface area contributed by atoms with Crippen molar-refractivity contribution >= 4 is 22.7 Å². The predicted octanol–water partition coefficient (Wildman–Crippen LogP) is 5.84. The number of hydrogen-bond donors (Lipinski definition) is 1. The number of aromatic nitrogens is 1. The number of hydrogen-bond acceptors (Lipinski definition) is 5. The van der Waals surface area contributed by atoms with E-state index in [0.717, 1.165) is 59.0 Å². The summed E-state index contributed by atoms with van der Waals surface area (Å²) >= 11 is 0. The van der Waals surface area contributed by atoms with E-state index in [9.17, 15) is 14.9 Å². The molecule has 1 saturated carbocycles. The second kappa shape index (κ2) is 8.74. The zero-order valence-corrected chi connectivity index (χ0v) is 18.9. The summed E-state index contributed by atoms with van der Waals surface area (Å²) in [5.74, 6) is 0.538. The molecule has 0 spiro atoms. The zero-order chi connectivity index (χ0) is 23.7. The van der Waals surface area contributed by atoms with Crippen molar-refractivity contribution < 1.29 is 14.1 Å². The van der Waals surface area contributed by atoms with Crippen molar-refractivity contribution in [2.45, 2.75) is 44.6 Å². The minimum atomic E-state index is -0.634. The Morgan fingerprint density at radius 3 is 2.44 bits per heavy atom. The number of nitro groups is 1. The standard InChI is InChI=1S/C27H25N3O4/c1-18-4-13-23-24(16-18)34-25(29-23)20-7-5-19(6-8-20)17-28-26(31)27(14-2-3-15-27)21-9-11-22(12-10-21)30(32)33/h4-13,16H,2-3,14-15,17H2,1H3,(H,28,31). The van der Waals surface area contributed by atoms with Crippen LogP contribution in [0, 0.1) is 17.0 Å². The number of non-ortho nitro benzene ring substituents is 1. The minimum Gasteiger partial charge on any atom is -0.436 e. The average molecular weight is 456 g/mol. The molecule has 0 unspecified atom stereocenters. The molecule has 5 rings (SSSR count). The number of nitrogens with one attached hydrogen (secondary N) is 1. The fourth-order valence-corrected chi connectivity index (χ4v) is 4.80. The first-order valence-corrected chi connectivity index (χ1v) is 11.4. The van der Waals surface area contributed by atoms with Crippen molar-refractivity contribution in [2.24, 2.45) is 0 Å². The molecule has 1 heterocycles. The molecule has 0 bridgehead atoms. The summed E-state index contributed by atoms with van der Waals surface area (Å²) in [6, 6.07) is 20.1. The summed E-state index contributed by atoms with van der Waals surface area (Å²) in [6.45, 7) is 2.42. The molecule has 4 aromatic rings. The van der Waals surface area contributed by atoms with E-state index in [-0.39, 0.29) is 11.6 Å². The highest BCUT2D eigenvalue weighted by Gasteiger charge is 2.42. The highest BCUT2D eigenvalue weighted by atomic mass is 16.6. The number of nitro benzene ring substituents is 1. The number of oxazole rings is 1. The molecular formula is C27H25N3O4. The summed E-state index contributed by atoms with van der Waals surface area (Å²) in [7, 11) is 0. The molecule has 7 nitrogen and oxygen atoms in total. The van der Waals surface area contributed by atoms with Gasteiger partial charge in [-0.25, -0.2) is 4.98 Å². The lowest BCUT2D eigenvalue weighted by molar-refractivity contribution is -0.384. The Morgan fingerprint density at radius 2 is 1.76 bits per heavy atom. The van der Waals surface area contributed by atoms with Crippen LogP contribution in [0.4, 0.5) is 5.69 Å². The normalized spacial score (nSPS) is 14.9. The van der Waals surface area contributed by atoms with Gasteiger partial charge in [-0.2, -0.15) is 0 Å². The summed E-state index contributed by atoms with van der Waals surface area (Å²) in [6.07, 6.45) is 3.41. The van der Waals surface area contributed by atoms with Crippen LogP contribution in [-0.2, 0) is 16.8 Å². The number of rotatable bonds is 6. The molecule has 1 amide bonds. The summed E-state index contributed by atoms with van der Waals surface area (Å²) in [5.41, 5.74) is 4.80. The maximum absolute atomic E-state index is 13.3. The highest BCUT2D eigenvalue weighted by molar-refractivity contribution is 5.88. The molecule has 172 valence electrons. The molecule has 1 aliphatic carbocycles. The van der Waals surface area contributed by atoms with Crippen LogP contribution in [0.5, 0.6) is 0 Å². The average Bonchev–Trinajstić information content (AvgIpc) is 3.51. The Morgan fingerprint density at radius 1 is 1.06 bits per heavy atom. The number of nitrogens with zero attached hydrogens (tertiary/aromatic N) is 2.